The first-order chi connectivity index (χ1) is 13.8. The van der Waals surface area contributed by atoms with Crippen molar-refractivity contribution in [1.82, 2.24) is 0 Å². The molecule has 1 unspecified atom stereocenters. The minimum atomic E-state index is -3.68. The van der Waals surface area contributed by atoms with Crippen molar-refractivity contribution in [2.45, 2.75) is 34.8 Å². The van der Waals surface area contributed by atoms with Gasteiger partial charge in [-0.15, -0.1) is 11.8 Å². The lowest BCUT2D eigenvalue weighted by Crippen LogP contribution is -2.18. The van der Waals surface area contributed by atoms with Crippen molar-refractivity contribution in [2.75, 3.05) is 23.5 Å². The van der Waals surface area contributed by atoms with Gasteiger partial charge in [-0.25, -0.2) is 8.42 Å². The minimum absolute atomic E-state index is 0.0842. The number of fused-ring (bicyclic) bond motifs is 1. The molecule has 1 aliphatic rings. The number of nitrogens with one attached hydrogen (secondary N) is 2. The van der Waals surface area contributed by atoms with E-state index in [0.717, 1.165) is 4.90 Å². The highest BCUT2D eigenvalue weighted by molar-refractivity contribution is 8.00. The fraction of sp³-hybridized carbons (Fsp3) is 0.300. The van der Waals surface area contributed by atoms with E-state index in [-0.39, 0.29) is 28.2 Å². The second-order valence-electron chi connectivity index (χ2n) is 6.69. The van der Waals surface area contributed by atoms with Gasteiger partial charge in [0.2, 0.25) is 11.8 Å². The smallest absolute Gasteiger partial charge is 0.225 e. The monoisotopic (exact) mass is 434 g/mol. The summed E-state index contributed by atoms with van der Waals surface area (Å²) in [5.41, 5.74) is 1.02. The molecular weight excluding hydrogens is 412 g/mol. The Morgan fingerprint density at radius 1 is 1.28 bits per heavy atom. The summed E-state index contributed by atoms with van der Waals surface area (Å²) in [6.07, 6.45) is 0.181. The molecule has 1 heterocycles. The number of thioether (sulfide) groups is 1. The maximum atomic E-state index is 12.7. The van der Waals surface area contributed by atoms with Crippen molar-refractivity contribution in [3.8, 4) is 5.75 Å². The predicted octanol–water partition coefficient (Wildman–Crippen LogP) is 3.32. The van der Waals surface area contributed by atoms with Crippen molar-refractivity contribution in [1.29, 1.82) is 0 Å². The van der Waals surface area contributed by atoms with E-state index in [1.165, 1.54) is 31.0 Å². The van der Waals surface area contributed by atoms with Crippen molar-refractivity contribution < 1.29 is 22.7 Å². The third kappa shape index (κ3) is 5.51. The first kappa shape index (κ1) is 21.2. The normalized spacial score (nSPS) is 16.3. The molecule has 0 saturated carbocycles. The molecule has 0 aromatic heterocycles. The molecule has 1 atom stereocenters. The van der Waals surface area contributed by atoms with Gasteiger partial charge >= 0.3 is 0 Å². The van der Waals surface area contributed by atoms with Crippen LogP contribution in [0.5, 0.6) is 5.75 Å². The van der Waals surface area contributed by atoms with Gasteiger partial charge in [-0.3, -0.25) is 9.59 Å². The summed E-state index contributed by atoms with van der Waals surface area (Å²) in [5.74, 6) is -0.293. The van der Waals surface area contributed by atoms with Crippen LogP contribution in [0.25, 0.3) is 0 Å². The molecule has 29 heavy (non-hydrogen) atoms. The van der Waals surface area contributed by atoms with Crippen LogP contribution in [0.15, 0.2) is 52.3 Å². The molecule has 9 heteroatoms. The summed E-state index contributed by atoms with van der Waals surface area (Å²) in [6, 6.07) is 11.5. The molecule has 2 amide bonds. The van der Waals surface area contributed by atoms with Gasteiger partial charge in [-0.05, 0) is 30.3 Å². The summed E-state index contributed by atoms with van der Waals surface area (Å²) in [5, 5.41) is 5.53. The number of ether oxygens (including phenoxy) is 1. The molecule has 0 aliphatic carbocycles. The van der Waals surface area contributed by atoms with E-state index in [1.807, 2.05) is 6.92 Å². The first-order valence-corrected chi connectivity index (χ1v) is 11.6. The number of carbonyl (C=O) groups excluding carboxylic acids is 2. The number of methoxy groups -OCH3 is 1. The third-order valence-electron chi connectivity index (χ3n) is 4.34. The Balaban J connectivity index is 1.68. The fourth-order valence-electron chi connectivity index (χ4n) is 2.89. The lowest BCUT2D eigenvalue weighted by atomic mass is 10.3. The SMILES string of the molecule is COc1cccc(NC(=O)CCS(=O)(=O)c2ccc3c(c2)NC(=O)CC(C)S3)c1. The molecule has 154 valence electrons. The van der Waals surface area contributed by atoms with Gasteiger partial charge in [0, 0.05) is 34.7 Å². The lowest BCUT2D eigenvalue weighted by Gasteiger charge is -2.11. The van der Waals surface area contributed by atoms with Gasteiger partial charge in [0.25, 0.3) is 0 Å². The molecule has 2 aromatic rings. The zero-order valence-electron chi connectivity index (χ0n) is 16.1. The van der Waals surface area contributed by atoms with Crippen LogP contribution >= 0.6 is 11.8 Å². The summed E-state index contributed by atoms with van der Waals surface area (Å²) in [7, 11) is -2.16. The number of sulfone groups is 1. The molecular formula is C20H22N2O5S2. The Bertz CT molecular complexity index is 1040. The third-order valence-corrected chi connectivity index (χ3v) is 7.23. The van der Waals surface area contributed by atoms with Crippen LogP contribution in [-0.2, 0) is 19.4 Å². The molecule has 0 bridgehead atoms. The summed E-state index contributed by atoms with van der Waals surface area (Å²) < 4.78 is 30.5. The Labute approximate surface area is 174 Å². The van der Waals surface area contributed by atoms with Gasteiger partial charge < -0.3 is 15.4 Å². The molecule has 0 spiro atoms. The maximum absolute atomic E-state index is 12.7. The van der Waals surface area contributed by atoms with Crippen LogP contribution in [0.1, 0.15) is 19.8 Å². The van der Waals surface area contributed by atoms with Crippen LogP contribution in [0, 0.1) is 0 Å². The van der Waals surface area contributed by atoms with Gasteiger partial charge in [-0.1, -0.05) is 13.0 Å². The summed E-state index contributed by atoms with van der Waals surface area (Å²) >= 11 is 1.53. The Kier molecular flexibility index (Phi) is 6.49. The van der Waals surface area contributed by atoms with Crippen molar-refractivity contribution in [2.24, 2.45) is 0 Å². The molecule has 1 aliphatic heterocycles. The fourth-order valence-corrected chi connectivity index (χ4v) is 5.21. The zero-order chi connectivity index (χ0) is 21.0. The van der Waals surface area contributed by atoms with Crippen molar-refractivity contribution in [3.63, 3.8) is 0 Å². The Morgan fingerprint density at radius 3 is 2.83 bits per heavy atom. The molecule has 0 radical (unpaired) electrons. The number of anilines is 2. The summed E-state index contributed by atoms with van der Waals surface area (Å²) in [4.78, 5) is 25.0. The van der Waals surface area contributed by atoms with Crippen LogP contribution in [0.4, 0.5) is 11.4 Å². The van der Waals surface area contributed by atoms with Crippen molar-refractivity contribution in [3.05, 3.63) is 42.5 Å². The van der Waals surface area contributed by atoms with Gasteiger partial charge in [-0.2, -0.15) is 0 Å². The minimum Gasteiger partial charge on any atom is -0.497 e. The molecule has 3 rings (SSSR count). The van der Waals surface area contributed by atoms with E-state index >= 15 is 0 Å². The largest absolute Gasteiger partial charge is 0.497 e. The molecule has 0 saturated heterocycles. The van der Waals surface area contributed by atoms with Crippen LogP contribution in [-0.4, -0.2) is 38.3 Å². The predicted molar refractivity (Wildman–Crippen MR) is 113 cm³/mol. The van der Waals surface area contributed by atoms with E-state index in [9.17, 15) is 18.0 Å². The highest BCUT2D eigenvalue weighted by Crippen LogP contribution is 2.36. The van der Waals surface area contributed by atoms with Crippen LogP contribution in [0.3, 0.4) is 0 Å². The molecule has 2 N–H and O–H groups in total. The quantitative estimate of drug-likeness (QED) is 0.723. The van der Waals surface area contributed by atoms with E-state index < -0.39 is 15.7 Å². The number of hydrogen-bond donors (Lipinski definition) is 2. The number of carbonyl (C=O) groups is 2. The number of rotatable bonds is 6. The molecule has 0 fully saturated rings. The van der Waals surface area contributed by atoms with E-state index in [2.05, 4.69) is 10.6 Å². The highest BCUT2D eigenvalue weighted by atomic mass is 32.2. The van der Waals surface area contributed by atoms with Gasteiger partial charge in [0.15, 0.2) is 9.84 Å². The standard InChI is InChI=1S/C20H22N2O5S2/c1-13-10-20(24)22-17-12-16(6-7-18(17)28-13)29(25,26)9-8-19(23)21-14-4-3-5-15(11-14)27-2/h3-7,11-13H,8-10H2,1-2H3,(H,21,23)(H,22,24). The first-order valence-electron chi connectivity index (χ1n) is 9.04. The number of hydrogen-bond acceptors (Lipinski definition) is 6. The maximum Gasteiger partial charge on any atom is 0.225 e. The Morgan fingerprint density at radius 2 is 2.07 bits per heavy atom. The number of benzene rings is 2. The van der Waals surface area contributed by atoms with Gasteiger partial charge in [0.05, 0.1) is 23.4 Å². The summed E-state index contributed by atoms with van der Waals surface area (Å²) in [6.45, 7) is 1.95. The second kappa shape index (κ2) is 8.87. The van der Waals surface area contributed by atoms with Gasteiger partial charge in [0.1, 0.15) is 5.75 Å². The average Bonchev–Trinajstić information content (AvgIpc) is 2.82. The number of amides is 2. The van der Waals surface area contributed by atoms with E-state index in [4.69, 9.17) is 4.74 Å². The molecule has 7 nitrogen and oxygen atoms in total. The average molecular weight is 435 g/mol. The van der Waals surface area contributed by atoms with Crippen LogP contribution in [0.2, 0.25) is 0 Å². The lowest BCUT2D eigenvalue weighted by molar-refractivity contribution is -0.116. The zero-order valence-corrected chi connectivity index (χ0v) is 17.7. The topological polar surface area (TPSA) is 102 Å². The second-order valence-corrected chi connectivity index (χ2v) is 10.3. The Hall–Kier alpha value is -2.52. The van der Waals surface area contributed by atoms with E-state index in [0.29, 0.717) is 23.5 Å². The highest BCUT2D eigenvalue weighted by Gasteiger charge is 2.23. The van der Waals surface area contributed by atoms with E-state index in [1.54, 1.807) is 30.3 Å². The van der Waals surface area contributed by atoms with Crippen LogP contribution < -0.4 is 15.4 Å². The van der Waals surface area contributed by atoms with Crippen molar-refractivity contribution >= 4 is 44.8 Å². The molecule has 2 aromatic carbocycles.